The van der Waals surface area contributed by atoms with Crippen molar-refractivity contribution in [1.29, 1.82) is 0 Å². The van der Waals surface area contributed by atoms with Crippen LogP contribution in [0.3, 0.4) is 0 Å². The highest BCUT2D eigenvalue weighted by Gasteiger charge is 2.30. The summed E-state index contributed by atoms with van der Waals surface area (Å²) in [4.78, 5) is 12.6. The van der Waals surface area contributed by atoms with Crippen LogP contribution in [0.2, 0.25) is 0 Å². The van der Waals surface area contributed by atoms with E-state index >= 15 is 0 Å². The van der Waals surface area contributed by atoms with Gasteiger partial charge in [-0.3, -0.25) is 9.48 Å². The van der Waals surface area contributed by atoms with Crippen LogP contribution < -0.4 is 10.1 Å². The second kappa shape index (κ2) is 7.56. The van der Waals surface area contributed by atoms with Crippen molar-refractivity contribution in [2.45, 2.75) is 49.7 Å². The Bertz CT molecular complexity index is 980. The number of aromatic nitrogens is 2. The summed E-state index contributed by atoms with van der Waals surface area (Å²) in [5.74, 6) is 0.310. The topological polar surface area (TPSA) is 93.5 Å². The molecule has 150 valence electrons. The molecular formula is C19H24N4O4S. The number of fused-ring (bicyclic) bond motifs is 1. The normalized spacial score (nSPS) is 18.0. The summed E-state index contributed by atoms with van der Waals surface area (Å²) in [7, 11) is -2.15. The van der Waals surface area contributed by atoms with Gasteiger partial charge >= 0.3 is 0 Å². The van der Waals surface area contributed by atoms with Crippen LogP contribution in [-0.4, -0.2) is 48.1 Å². The number of hydrogen-bond donors (Lipinski definition) is 1. The molecule has 1 aliphatic heterocycles. The monoisotopic (exact) mass is 404 g/mol. The van der Waals surface area contributed by atoms with Gasteiger partial charge in [0.2, 0.25) is 10.0 Å². The summed E-state index contributed by atoms with van der Waals surface area (Å²) >= 11 is 0. The maximum absolute atomic E-state index is 13.0. The SMILES string of the molecule is COc1cccc(S(=O)(=O)N2CCn3nc(C(=O)NC4CCCC4)cc3C2)c1. The molecule has 28 heavy (non-hydrogen) atoms. The fourth-order valence-corrected chi connectivity index (χ4v) is 5.24. The lowest BCUT2D eigenvalue weighted by atomic mass is 10.2. The number of nitrogens with zero attached hydrogens (tertiary/aromatic N) is 3. The van der Waals surface area contributed by atoms with Gasteiger partial charge in [-0.1, -0.05) is 18.9 Å². The maximum atomic E-state index is 13.0. The van der Waals surface area contributed by atoms with E-state index in [1.807, 2.05) is 0 Å². The molecule has 1 N–H and O–H groups in total. The Hall–Kier alpha value is -2.39. The zero-order valence-corrected chi connectivity index (χ0v) is 16.6. The molecule has 1 aromatic carbocycles. The molecule has 1 saturated carbocycles. The van der Waals surface area contributed by atoms with Crippen LogP contribution in [0.25, 0.3) is 0 Å². The van der Waals surface area contributed by atoms with Crippen LogP contribution in [0.15, 0.2) is 35.2 Å². The van der Waals surface area contributed by atoms with Gasteiger partial charge in [0.15, 0.2) is 5.69 Å². The van der Waals surface area contributed by atoms with Crippen LogP contribution in [0.5, 0.6) is 5.75 Å². The van der Waals surface area contributed by atoms with Gasteiger partial charge in [-0.2, -0.15) is 9.40 Å². The lowest BCUT2D eigenvalue weighted by molar-refractivity contribution is 0.0932. The van der Waals surface area contributed by atoms with E-state index in [0.29, 0.717) is 30.2 Å². The Balaban J connectivity index is 1.51. The molecule has 1 fully saturated rings. The maximum Gasteiger partial charge on any atom is 0.272 e. The van der Waals surface area contributed by atoms with Crippen molar-refractivity contribution in [3.05, 3.63) is 41.7 Å². The first-order valence-electron chi connectivity index (χ1n) is 9.49. The number of sulfonamides is 1. The second-order valence-corrected chi connectivity index (χ2v) is 9.15. The van der Waals surface area contributed by atoms with E-state index in [1.54, 1.807) is 28.9 Å². The Labute approximate surface area is 164 Å². The molecule has 1 aromatic heterocycles. The van der Waals surface area contributed by atoms with Gasteiger partial charge in [-0.15, -0.1) is 0 Å². The van der Waals surface area contributed by atoms with Gasteiger partial charge in [-0.05, 0) is 31.0 Å². The zero-order chi connectivity index (χ0) is 19.7. The number of amides is 1. The lowest BCUT2D eigenvalue weighted by Crippen LogP contribution is -2.38. The van der Waals surface area contributed by atoms with Crippen molar-refractivity contribution >= 4 is 15.9 Å². The van der Waals surface area contributed by atoms with Gasteiger partial charge < -0.3 is 10.1 Å². The van der Waals surface area contributed by atoms with E-state index in [1.165, 1.54) is 17.5 Å². The minimum absolute atomic E-state index is 0.184. The number of nitrogens with one attached hydrogen (secondary N) is 1. The van der Waals surface area contributed by atoms with Gasteiger partial charge in [-0.25, -0.2) is 8.42 Å². The van der Waals surface area contributed by atoms with Crippen molar-refractivity contribution in [2.75, 3.05) is 13.7 Å². The van der Waals surface area contributed by atoms with Crippen molar-refractivity contribution in [2.24, 2.45) is 0 Å². The van der Waals surface area contributed by atoms with Gasteiger partial charge in [0.25, 0.3) is 5.91 Å². The van der Waals surface area contributed by atoms with E-state index in [4.69, 9.17) is 4.74 Å². The molecule has 0 bridgehead atoms. The van der Waals surface area contributed by atoms with Crippen molar-refractivity contribution < 1.29 is 17.9 Å². The third-order valence-electron chi connectivity index (χ3n) is 5.36. The number of methoxy groups -OCH3 is 1. The fraction of sp³-hybridized carbons (Fsp3) is 0.474. The van der Waals surface area contributed by atoms with Gasteiger partial charge in [0, 0.05) is 18.7 Å². The molecule has 9 heteroatoms. The Kier molecular flexibility index (Phi) is 5.11. The average Bonchev–Trinajstić information content (AvgIpc) is 3.36. The van der Waals surface area contributed by atoms with Crippen LogP contribution in [0.1, 0.15) is 41.9 Å². The molecule has 1 aliphatic carbocycles. The zero-order valence-electron chi connectivity index (χ0n) is 15.8. The second-order valence-electron chi connectivity index (χ2n) is 7.22. The number of carbonyl (C=O) groups is 1. The molecule has 0 spiro atoms. The fourth-order valence-electron chi connectivity index (χ4n) is 3.80. The molecular weight excluding hydrogens is 380 g/mol. The van der Waals surface area contributed by atoms with Crippen LogP contribution >= 0.6 is 0 Å². The first-order chi connectivity index (χ1) is 13.5. The van der Waals surface area contributed by atoms with Gasteiger partial charge in [0.05, 0.1) is 30.8 Å². The van der Waals surface area contributed by atoms with Crippen molar-refractivity contribution in [3.8, 4) is 5.75 Å². The molecule has 0 unspecified atom stereocenters. The van der Waals surface area contributed by atoms with Crippen molar-refractivity contribution in [3.63, 3.8) is 0 Å². The van der Waals surface area contributed by atoms with E-state index in [2.05, 4.69) is 10.4 Å². The Morgan fingerprint density at radius 3 is 2.75 bits per heavy atom. The van der Waals surface area contributed by atoms with Gasteiger partial charge in [0.1, 0.15) is 5.75 Å². The molecule has 2 aromatic rings. The van der Waals surface area contributed by atoms with E-state index in [0.717, 1.165) is 25.7 Å². The summed E-state index contributed by atoms with van der Waals surface area (Å²) in [5.41, 5.74) is 1.07. The first-order valence-corrected chi connectivity index (χ1v) is 10.9. The molecule has 1 amide bonds. The van der Waals surface area contributed by atoms with Crippen LogP contribution in [0.4, 0.5) is 0 Å². The largest absolute Gasteiger partial charge is 0.497 e. The summed E-state index contributed by atoms with van der Waals surface area (Å²) in [6.45, 7) is 0.899. The number of rotatable bonds is 5. The first kappa shape index (κ1) is 18.9. The quantitative estimate of drug-likeness (QED) is 0.820. The molecule has 8 nitrogen and oxygen atoms in total. The van der Waals surface area contributed by atoms with Crippen molar-refractivity contribution in [1.82, 2.24) is 19.4 Å². The standard InChI is InChI=1S/C19H24N4O4S/c1-27-16-7-4-8-17(12-16)28(25,26)22-9-10-23-15(13-22)11-18(21-23)19(24)20-14-5-2-3-6-14/h4,7-8,11-12,14H,2-3,5-6,9-10,13H2,1H3,(H,20,24). The van der Waals surface area contributed by atoms with E-state index in [-0.39, 0.29) is 23.4 Å². The number of carbonyl (C=O) groups excluding carboxylic acids is 1. The smallest absolute Gasteiger partial charge is 0.272 e. The summed E-state index contributed by atoms with van der Waals surface area (Å²) in [5, 5.41) is 7.40. The highest BCUT2D eigenvalue weighted by Crippen LogP contribution is 2.25. The summed E-state index contributed by atoms with van der Waals surface area (Å²) in [6.07, 6.45) is 4.29. The highest BCUT2D eigenvalue weighted by molar-refractivity contribution is 7.89. The highest BCUT2D eigenvalue weighted by atomic mass is 32.2. The molecule has 0 radical (unpaired) electrons. The average molecular weight is 404 g/mol. The Morgan fingerprint density at radius 1 is 1.21 bits per heavy atom. The Morgan fingerprint density at radius 2 is 2.00 bits per heavy atom. The molecule has 0 saturated heterocycles. The number of benzene rings is 1. The summed E-state index contributed by atoms with van der Waals surface area (Å²) in [6, 6.07) is 8.35. The lowest BCUT2D eigenvalue weighted by Gasteiger charge is -2.27. The van der Waals surface area contributed by atoms with E-state index < -0.39 is 10.0 Å². The predicted molar refractivity (Wildman–Crippen MR) is 103 cm³/mol. The van der Waals surface area contributed by atoms with Crippen LogP contribution in [0, 0.1) is 0 Å². The number of ether oxygens (including phenoxy) is 1. The minimum atomic E-state index is -3.66. The van der Waals surface area contributed by atoms with Crippen LogP contribution in [-0.2, 0) is 23.1 Å². The number of hydrogen-bond acceptors (Lipinski definition) is 5. The third kappa shape index (κ3) is 3.64. The summed E-state index contributed by atoms with van der Waals surface area (Å²) < 4.78 is 34.3. The molecule has 4 rings (SSSR count). The minimum Gasteiger partial charge on any atom is -0.497 e. The predicted octanol–water partition coefficient (Wildman–Crippen LogP) is 1.77. The molecule has 2 aliphatic rings. The van der Waals surface area contributed by atoms with E-state index in [9.17, 15) is 13.2 Å². The molecule has 2 heterocycles. The third-order valence-corrected chi connectivity index (χ3v) is 7.21. The molecule has 0 atom stereocenters.